The minimum Gasteiger partial charge on any atom is -0.476 e. The molecule has 3 N–H and O–H groups in total. The van der Waals surface area contributed by atoms with Crippen molar-refractivity contribution < 1.29 is 32.6 Å². The molecule has 3 atom stereocenters. The number of anilines is 1. The number of nitrogens with zero attached hydrogens (tertiary/aromatic N) is 4. The number of carbonyl (C=O) groups excluding carboxylic acids is 1. The number of nitrogen functional groups attached to an aromatic ring is 1. The largest absolute Gasteiger partial charge is 0.476 e. The number of aryl methyl sites for hydroxylation is 1. The molecule has 0 aliphatic heterocycles. The molecule has 2 aromatic heterocycles. The summed E-state index contributed by atoms with van der Waals surface area (Å²) in [7, 11) is -2.50. The van der Waals surface area contributed by atoms with Gasteiger partial charge in [-0.1, -0.05) is 25.1 Å². The number of esters is 1. The molecule has 0 spiro atoms. The summed E-state index contributed by atoms with van der Waals surface area (Å²) in [6, 6.07) is 7.61. The Labute approximate surface area is 234 Å². The number of carbonyl (C=O) groups is 1. The molecule has 2 heterocycles. The second-order valence-corrected chi connectivity index (χ2v) is 11.1. The topological polar surface area (TPSA) is 162 Å². The Balaban J connectivity index is 1.80. The van der Waals surface area contributed by atoms with Gasteiger partial charge in [-0.15, -0.1) is 0 Å². The highest BCUT2D eigenvalue weighted by Gasteiger charge is 2.37. The maximum Gasteiger partial charge on any atom is 0.459 e. The third kappa shape index (κ3) is 8.14. The molecule has 1 unspecified atom stereocenters. The van der Waals surface area contributed by atoms with E-state index in [2.05, 4.69) is 20.0 Å². The molecule has 0 aliphatic rings. The van der Waals surface area contributed by atoms with E-state index in [4.69, 9.17) is 29.0 Å². The van der Waals surface area contributed by atoms with Crippen molar-refractivity contribution in [3.63, 3.8) is 0 Å². The van der Waals surface area contributed by atoms with Gasteiger partial charge in [-0.2, -0.15) is 15.1 Å². The Bertz CT molecular complexity index is 1300. The molecule has 0 fully saturated rings. The highest BCUT2D eigenvalue weighted by molar-refractivity contribution is 7.52. The molecule has 0 saturated heterocycles. The fourth-order valence-corrected chi connectivity index (χ4v) is 5.42. The van der Waals surface area contributed by atoms with Crippen LogP contribution in [-0.2, 0) is 29.9 Å². The summed E-state index contributed by atoms with van der Waals surface area (Å²) in [5, 5.41) is 2.71. The summed E-state index contributed by atoms with van der Waals surface area (Å²) >= 11 is 0. The van der Waals surface area contributed by atoms with E-state index in [1.54, 1.807) is 57.6 Å². The van der Waals surface area contributed by atoms with Crippen molar-refractivity contribution in [3.8, 4) is 11.6 Å². The van der Waals surface area contributed by atoms with Gasteiger partial charge in [-0.25, -0.2) is 9.55 Å². The summed E-state index contributed by atoms with van der Waals surface area (Å²) in [5.74, 6) is 0.124. The quantitative estimate of drug-likeness (QED) is 0.185. The monoisotopic (exact) mass is 578 g/mol. The zero-order valence-electron chi connectivity index (χ0n) is 23.8. The van der Waals surface area contributed by atoms with E-state index in [0.717, 1.165) is 0 Å². The molecule has 0 bridgehead atoms. The number of nitrogens with one attached hydrogen (secondary N) is 1. The first-order valence-corrected chi connectivity index (χ1v) is 14.7. The van der Waals surface area contributed by atoms with E-state index in [1.165, 1.54) is 6.92 Å². The van der Waals surface area contributed by atoms with Crippen molar-refractivity contribution in [2.24, 2.45) is 0 Å². The SMILES string of the molecule is CCOc1nc(N)nc2c1ncn2CC[C@@](CC)(COP(=O)(N[C@H](C)C(=O)OC(C)C)Oc1ccccc1)OC. The van der Waals surface area contributed by atoms with Crippen LogP contribution in [0.15, 0.2) is 36.7 Å². The zero-order valence-corrected chi connectivity index (χ0v) is 24.7. The van der Waals surface area contributed by atoms with Gasteiger partial charge in [0.15, 0.2) is 11.2 Å². The van der Waals surface area contributed by atoms with Gasteiger partial charge in [-0.3, -0.25) is 9.32 Å². The number of nitrogens with two attached hydrogens (primary N) is 1. The maximum absolute atomic E-state index is 13.9. The van der Waals surface area contributed by atoms with Crippen LogP contribution in [0, 0.1) is 0 Å². The van der Waals surface area contributed by atoms with E-state index in [9.17, 15) is 9.36 Å². The molecule has 14 heteroatoms. The number of aromatic nitrogens is 4. The molecule has 40 heavy (non-hydrogen) atoms. The summed E-state index contributed by atoms with van der Waals surface area (Å²) in [6.07, 6.45) is 2.26. The molecule has 3 aromatic rings. The van der Waals surface area contributed by atoms with Crippen molar-refractivity contribution in [2.45, 2.75) is 71.8 Å². The molecule has 3 rings (SSSR count). The van der Waals surface area contributed by atoms with Crippen LogP contribution in [0.2, 0.25) is 0 Å². The Morgan fingerprint density at radius 2 is 1.90 bits per heavy atom. The third-order valence-corrected chi connectivity index (χ3v) is 7.76. The Hall–Kier alpha value is -3.25. The van der Waals surface area contributed by atoms with Crippen LogP contribution in [0.4, 0.5) is 5.95 Å². The molecule has 220 valence electrons. The number of para-hydroxylation sites is 1. The van der Waals surface area contributed by atoms with E-state index in [-0.39, 0.29) is 18.7 Å². The lowest BCUT2D eigenvalue weighted by Gasteiger charge is -2.33. The van der Waals surface area contributed by atoms with E-state index in [0.29, 0.717) is 48.8 Å². The molecule has 0 aliphatic carbocycles. The van der Waals surface area contributed by atoms with Crippen LogP contribution in [-0.4, -0.2) is 63.6 Å². The number of fused-ring (bicyclic) bond motifs is 1. The minimum absolute atomic E-state index is 0.0738. The molecular weight excluding hydrogens is 539 g/mol. The first-order valence-electron chi connectivity index (χ1n) is 13.2. The van der Waals surface area contributed by atoms with Crippen LogP contribution < -0.4 is 20.1 Å². The van der Waals surface area contributed by atoms with Crippen LogP contribution in [0.1, 0.15) is 47.5 Å². The number of benzene rings is 1. The lowest BCUT2D eigenvalue weighted by Crippen LogP contribution is -2.40. The van der Waals surface area contributed by atoms with Gasteiger partial charge in [0.1, 0.15) is 11.8 Å². The van der Waals surface area contributed by atoms with Gasteiger partial charge in [-0.05, 0) is 52.7 Å². The van der Waals surface area contributed by atoms with Crippen LogP contribution in [0.25, 0.3) is 11.2 Å². The predicted molar refractivity (Wildman–Crippen MR) is 150 cm³/mol. The van der Waals surface area contributed by atoms with Crippen LogP contribution in [0.5, 0.6) is 11.6 Å². The molecule has 13 nitrogen and oxygen atoms in total. The lowest BCUT2D eigenvalue weighted by molar-refractivity contribution is -0.149. The van der Waals surface area contributed by atoms with E-state index in [1.807, 2.05) is 18.4 Å². The highest BCUT2D eigenvalue weighted by Crippen LogP contribution is 2.46. The first kappa shape index (κ1) is 31.3. The molecule has 0 saturated carbocycles. The van der Waals surface area contributed by atoms with Gasteiger partial charge >= 0.3 is 13.7 Å². The average molecular weight is 579 g/mol. The van der Waals surface area contributed by atoms with Crippen molar-refractivity contribution in [1.82, 2.24) is 24.6 Å². The fourth-order valence-electron chi connectivity index (χ4n) is 3.85. The molecule has 0 amide bonds. The highest BCUT2D eigenvalue weighted by atomic mass is 31.2. The van der Waals surface area contributed by atoms with Gasteiger partial charge in [0.25, 0.3) is 0 Å². The number of rotatable bonds is 16. The van der Waals surface area contributed by atoms with Crippen molar-refractivity contribution in [3.05, 3.63) is 36.7 Å². The summed E-state index contributed by atoms with van der Waals surface area (Å²) in [5.41, 5.74) is 6.05. The van der Waals surface area contributed by atoms with Crippen LogP contribution >= 0.6 is 7.75 Å². The predicted octanol–water partition coefficient (Wildman–Crippen LogP) is 4.13. The second kappa shape index (κ2) is 13.9. The van der Waals surface area contributed by atoms with Gasteiger partial charge in [0.2, 0.25) is 11.8 Å². The smallest absolute Gasteiger partial charge is 0.459 e. The second-order valence-electron chi connectivity index (χ2n) is 9.43. The van der Waals surface area contributed by atoms with Crippen molar-refractivity contribution >= 4 is 30.8 Å². The maximum atomic E-state index is 13.9. The van der Waals surface area contributed by atoms with E-state index >= 15 is 0 Å². The lowest BCUT2D eigenvalue weighted by atomic mass is 9.97. The minimum atomic E-state index is -4.06. The Morgan fingerprint density at radius 1 is 1.18 bits per heavy atom. The Kier molecular flexibility index (Phi) is 10.9. The fraction of sp³-hybridized carbons (Fsp3) is 0.538. The number of hydrogen-bond donors (Lipinski definition) is 2. The number of hydrogen-bond acceptors (Lipinski definition) is 11. The van der Waals surface area contributed by atoms with Gasteiger partial charge in [0, 0.05) is 13.7 Å². The third-order valence-electron chi connectivity index (χ3n) is 6.14. The van der Waals surface area contributed by atoms with E-state index < -0.39 is 25.4 Å². The first-order chi connectivity index (χ1) is 19.0. The summed E-state index contributed by atoms with van der Waals surface area (Å²) < 4.78 is 44.2. The number of imidazole rings is 1. The molecule has 1 aromatic carbocycles. The standard InChI is InChI=1S/C26H39N6O7P/c1-7-26(35-6,14-15-32-17-28-21-22(32)29-25(27)30-23(21)36-8-2)16-37-40(34,39-20-12-10-9-11-13-20)31-19(5)24(33)38-18(3)4/h9-13,17-19H,7-8,14-16H2,1-6H3,(H,31,34)(H2,27,29,30)/t19-,26+,40?/m1/s1. The van der Waals surface area contributed by atoms with Gasteiger partial charge in [0.05, 0.1) is 31.2 Å². The summed E-state index contributed by atoms with van der Waals surface area (Å²) in [4.78, 5) is 25.3. The summed E-state index contributed by atoms with van der Waals surface area (Å²) in [6.45, 7) is 9.52. The molecule has 0 radical (unpaired) electrons. The van der Waals surface area contributed by atoms with Crippen molar-refractivity contribution in [2.75, 3.05) is 26.1 Å². The molecular formula is C26H39N6O7P. The normalized spacial score (nSPS) is 15.4. The van der Waals surface area contributed by atoms with Crippen molar-refractivity contribution in [1.29, 1.82) is 0 Å². The average Bonchev–Trinajstić information content (AvgIpc) is 3.32. The number of ether oxygens (including phenoxy) is 3. The van der Waals surface area contributed by atoms with Crippen LogP contribution in [0.3, 0.4) is 0 Å². The van der Waals surface area contributed by atoms with Gasteiger partial charge < -0.3 is 29.0 Å². The number of methoxy groups -OCH3 is 1. The zero-order chi connectivity index (χ0) is 29.3. The Morgan fingerprint density at radius 3 is 2.52 bits per heavy atom.